The van der Waals surface area contributed by atoms with Crippen LogP contribution in [0.5, 0.6) is 0 Å². The third kappa shape index (κ3) is 3.45. The minimum atomic E-state index is 0.348. The van der Waals surface area contributed by atoms with E-state index in [9.17, 15) is 0 Å². The lowest BCUT2D eigenvalue weighted by atomic mass is 10.1. The molecule has 0 radical (unpaired) electrons. The Morgan fingerprint density at radius 3 is 3.25 bits per heavy atom. The average molecular weight is 258 g/mol. The van der Waals surface area contributed by atoms with Crippen LogP contribution >= 0.6 is 23.1 Å². The quantitative estimate of drug-likeness (QED) is 0.873. The van der Waals surface area contributed by atoms with Gasteiger partial charge in [0.1, 0.15) is 0 Å². The molecule has 5 heteroatoms. The fraction of sp³-hybridized carbons (Fsp3) is 0.727. The van der Waals surface area contributed by atoms with Crippen molar-refractivity contribution in [2.75, 3.05) is 24.7 Å². The number of thiazole rings is 1. The molecule has 1 fully saturated rings. The maximum Gasteiger partial charge on any atom is 0.0822 e. The number of likely N-dealkylation sites (N-methyl/N-ethyl adjacent to an activating group) is 1. The third-order valence-electron chi connectivity index (χ3n) is 2.66. The summed E-state index contributed by atoms with van der Waals surface area (Å²) in [5.74, 6) is 2.24. The van der Waals surface area contributed by atoms with Gasteiger partial charge < -0.3 is 10.1 Å². The second-order valence-corrected chi connectivity index (χ2v) is 5.94. The highest BCUT2D eigenvalue weighted by atomic mass is 32.2. The van der Waals surface area contributed by atoms with Gasteiger partial charge in [-0.3, -0.25) is 4.98 Å². The Kier molecular flexibility index (Phi) is 5.09. The molecule has 0 saturated carbocycles. The van der Waals surface area contributed by atoms with E-state index in [2.05, 4.69) is 17.2 Å². The van der Waals surface area contributed by atoms with Crippen LogP contribution < -0.4 is 5.32 Å². The van der Waals surface area contributed by atoms with Crippen LogP contribution in [0.4, 0.5) is 0 Å². The molecule has 0 aromatic carbocycles. The number of aromatic nitrogens is 1. The van der Waals surface area contributed by atoms with Crippen molar-refractivity contribution in [1.29, 1.82) is 0 Å². The van der Waals surface area contributed by atoms with E-state index in [1.54, 1.807) is 11.3 Å². The molecule has 0 amide bonds. The van der Waals surface area contributed by atoms with E-state index in [0.717, 1.165) is 31.1 Å². The zero-order valence-corrected chi connectivity index (χ0v) is 11.1. The summed E-state index contributed by atoms with van der Waals surface area (Å²) < 4.78 is 5.84. The number of hydrogen-bond acceptors (Lipinski definition) is 5. The van der Waals surface area contributed by atoms with Crippen molar-refractivity contribution in [1.82, 2.24) is 10.3 Å². The summed E-state index contributed by atoms with van der Waals surface area (Å²) >= 11 is 3.72. The van der Waals surface area contributed by atoms with Gasteiger partial charge in [0, 0.05) is 35.0 Å². The summed E-state index contributed by atoms with van der Waals surface area (Å²) in [6.45, 7) is 4.03. The smallest absolute Gasteiger partial charge is 0.0822 e. The number of nitrogens with zero attached hydrogens (tertiary/aromatic N) is 1. The summed E-state index contributed by atoms with van der Waals surface area (Å²) in [5, 5.41) is 3.53. The van der Waals surface area contributed by atoms with Crippen LogP contribution in [0.1, 0.15) is 11.8 Å². The molecule has 1 aromatic heterocycles. The standard InChI is InChI=1S/C11H18N2OS2/c1-2-13-10(5-9-6-12-8-16-9)11-7-15-4-3-14-11/h6,8,10-11,13H,2-5,7H2,1H3. The van der Waals surface area contributed by atoms with E-state index in [1.807, 2.05) is 23.5 Å². The maximum atomic E-state index is 5.84. The molecule has 1 aliphatic heterocycles. The van der Waals surface area contributed by atoms with E-state index in [1.165, 1.54) is 4.88 Å². The van der Waals surface area contributed by atoms with Crippen LogP contribution in [0.15, 0.2) is 11.7 Å². The zero-order chi connectivity index (χ0) is 11.2. The largest absolute Gasteiger partial charge is 0.375 e. The molecule has 16 heavy (non-hydrogen) atoms. The fourth-order valence-electron chi connectivity index (χ4n) is 1.90. The van der Waals surface area contributed by atoms with Gasteiger partial charge in [0.25, 0.3) is 0 Å². The minimum Gasteiger partial charge on any atom is -0.375 e. The molecule has 1 aliphatic rings. The lowest BCUT2D eigenvalue weighted by Crippen LogP contribution is -2.46. The van der Waals surface area contributed by atoms with E-state index in [4.69, 9.17) is 4.74 Å². The molecule has 0 spiro atoms. The van der Waals surface area contributed by atoms with Gasteiger partial charge in [-0.25, -0.2) is 0 Å². The Morgan fingerprint density at radius 1 is 1.69 bits per heavy atom. The summed E-state index contributed by atoms with van der Waals surface area (Å²) in [4.78, 5) is 5.46. The Hall–Kier alpha value is -0.100. The summed E-state index contributed by atoms with van der Waals surface area (Å²) in [6, 6.07) is 0.429. The van der Waals surface area contributed by atoms with Crippen molar-refractivity contribution >= 4 is 23.1 Å². The first kappa shape index (κ1) is 12.4. The second-order valence-electron chi connectivity index (χ2n) is 3.82. The number of hydrogen-bond donors (Lipinski definition) is 1. The summed E-state index contributed by atoms with van der Waals surface area (Å²) in [6.07, 6.45) is 3.34. The predicted molar refractivity (Wildman–Crippen MR) is 70.3 cm³/mol. The van der Waals surface area contributed by atoms with Crippen molar-refractivity contribution in [2.24, 2.45) is 0 Å². The zero-order valence-electron chi connectivity index (χ0n) is 9.52. The minimum absolute atomic E-state index is 0.348. The molecular formula is C11H18N2OS2. The third-order valence-corrected chi connectivity index (χ3v) is 4.48. The normalized spacial score (nSPS) is 23.2. The Bertz CT molecular complexity index is 286. The van der Waals surface area contributed by atoms with Crippen LogP contribution in [0.2, 0.25) is 0 Å². The van der Waals surface area contributed by atoms with Gasteiger partial charge in [0.2, 0.25) is 0 Å². The highest BCUT2D eigenvalue weighted by Gasteiger charge is 2.24. The first-order chi connectivity index (χ1) is 7.90. The number of ether oxygens (including phenoxy) is 1. The van der Waals surface area contributed by atoms with Gasteiger partial charge in [0.05, 0.1) is 18.2 Å². The fourth-order valence-corrected chi connectivity index (χ4v) is 3.49. The molecule has 90 valence electrons. The molecule has 1 aromatic rings. The second kappa shape index (κ2) is 6.59. The van der Waals surface area contributed by atoms with Crippen molar-refractivity contribution in [3.63, 3.8) is 0 Å². The SMILES string of the molecule is CCNC(Cc1cncs1)C1CSCCO1. The van der Waals surface area contributed by atoms with Gasteiger partial charge in [0.15, 0.2) is 0 Å². The van der Waals surface area contributed by atoms with E-state index < -0.39 is 0 Å². The van der Waals surface area contributed by atoms with Gasteiger partial charge in [-0.2, -0.15) is 11.8 Å². The molecule has 1 N–H and O–H groups in total. The van der Waals surface area contributed by atoms with Gasteiger partial charge in [-0.15, -0.1) is 11.3 Å². The summed E-state index contributed by atoms with van der Waals surface area (Å²) in [7, 11) is 0. The van der Waals surface area contributed by atoms with Crippen LogP contribution in [-0.4, -0.2) is 41.8 Å². The molecule has 3 nitrogen and oxygen atoms in total. The lowest BCUT2D eigenvalue weighted by Gasteiger charge is -2.30. The predicted octanol–water partition coefficient (Wildman–Crippen LogP) is 1.80. The Balaban J connectivity index is 1.92. The first-order valence-electron chi connectivity index (χ1n) is 5.70. The van der Waals surface area contributed by atoms with Crippen molar-refractivity contribution in [2.45, 2.75) is 25.5 Å². The van der Waals surface area contributed by atoms with Gasteiger partial charge in [-0.05, 0) is 6.54 Å². The van der Waals surface area contributed by atoms with Gasteiger partial charge in [-0.1, -0.05) is 6.92 Å². The highest BCUT2D eigenvalue weighted by Crippen LogP contribution is 2.19. The van der Waals surface area contributed by atoms with Crippen molar-refractivity contribution in [3.8, 4) is 0 Å². The van der Waals surface area contributed by atoms with Crippen LogP contribution in [0.25, 0.3) is 0 Å². The van der Waals surface area contributed by atoms with Gasteiger partial charge >= 0.3 is 0 Å². The molecule has 2 unspecified atom stereocenters. The number of rotatable bonds is 5. The maximum absolute atomic E-state index is 5.84. The average Bonchev–Trinajstić information content (AvgIpc) is 2.83. The Morgan fingerprint density at radius 2 is 2.62 bits per heavy atom. The van der Waals surface area contributed by atoms with Crippen LogP contribution in [-0.2, 0) is 11.2 Å². The topological polar surface area (TPSA) is 34.2 Å². The van der Waals surface area contributed by atoms with Crippen LogP contribution in [0, 0.1) is 0 Å². The van der Waals surface area contributed by atoms with E-state index in [-0.39, 0.29) is 0 Å². The van der Waals surface area contributed by atoms with E-state index in [0.29, 0.717) is 12.1 Å². The molecule has 1 saturated heterocycles. The molecule has 2 atom stereocenters. The van der Waals surface area contributed by atoms with Crippen LogP contribution in [0.3, 0.4) is 0 Å². The Labute approximate surface area is 105 Å². The van der Waals surface area contributed by atoms with Crippen molar-refractivity contribution < 1.29 is 4.74 Å². The number of thioether (sulfide) groups is 1. The molecule has 2 heterocycles. The first-order valence-corrected chi connectivity index (χ1v) is 7.73. The monoisotopic (exact) mass is 258 g/mol. The molecular weight excluding hydrogens is 240 g/mol. The number of nitrogens with one attached hydrogen (secondary N) is 1. The highest BCUT2D eigenvalue weighted by molar-refractivity contribution is 7.99. The lowest BCUT2D eigenvalue weighted by molar-refractivity contribution is 0.0478. The molecule has 2 rings (SSSR count). The molecule has 0 bridgehead atoms. The summed E-state index contributed by atoms with van der Waals surface area (Å²) in [5.41, 5.74) is 1.90. The van der Waals surface area contributed by atoms with Crippen molar-refractivity contribution in [3.05, 3.63) is 16.6 Å². The molecule has 0 aliphatic carbocycles. The van der Waals surface area contributed by atoms with E-state index >= 15 is 0 Å².